The molecule has 0 amide bonds. The van der Waals surface area contributed by atoms with Gasteiger partial charge in [0.05, 0.1) is 5.75 Å². The number of rotatable bonds is 8. The first-order valence-electron chi connectivity index (χ1n) is 6.63. The number of fused-ring (bicyclic) bond motifs is 1. The molecule has 0 unspecified atom stereocenters. The van der Waals surface area contributed by atoms with E-state index in [-0.39, 0.29) is 5.75 Å². The summed E-state index contributed by atoms with van der Waals surface area (Å²) in [6.07, 6.45) is 3.12. The maximum absolute atomic E-state index is 11.7. The van der Waals surface area contributed by atoms with Crippen molar-refractivity contribution in [1.82, 2.24) is 9.71 Å². The number of benzene rings is 1. The van der Waals surface area contributed by atoms with E-state index in [0.29, 0.717) is 26.0 Å². The van der Waals surface area contributed by atoms with Gasteiger partial charge >= 0.3 is 0 Å². The molecular formula is C14H20N2O3S. The minimum absolute atomic E-state index is 0.106. The molecule has 20 heavy (non-hydrogen) atoms. The zero-order valence-corrected chi connectivity index (χ0v) is 12.4. The zero-order chi connectivity index (χ0) is 14.4. The fourth-order valence-electron chi connectivity index (χ4n) is 2.15. The topological polar surface area (TPSA) is 71.2 Å². The monoisotopic (exact) mass is 296 g/mol. The number of H-pyrrole nitrogens is 1. The molecule has 1 heterocycles. The predicted octanol–water partition coefficient (Wildman–Crippen LogP) is 1.67. The summed E-state index contributed by atoms with van der Waals surface area (Å²) < 4.78 is 30.9. The quantitative estimate of drug-likeness (QED) is 0.728. The molecule has 0 saturated heterocycles. The number of hydrogen-bond donors (Lipinski definition) is 2. The fourth-order valence-corrected chi connectivity index (χ4v) is 3.20. The summed E-state index contributed by atoms with van der Waals surface area (Å²) in [6, 6.07) is 8.00. The third kappa shape index (κ3) is 4.06. The highest BCUT2D eigenvalue weighted by Crippen LogP contribution is 2.17. The van der Waals surface area contributed by atoms with Crippen LogP contribution in [0, 0.1) is 0 Å². The smallest absolute Gasteiger partial charge is 0.211 e. The molecule has 0 fully saturated rings. The molecule has 0 radical (unpaired) electrons. The van der Waals surface area contributed by atoms with Crippen molar-refractivity contribution in [2.24, 2.45) is 0 Å². The molecule has 0 aliphatic rings. The molecule has 2 rings (SSSR count). The lowest BCUT2D eigenvalue weighted by atomic mass is 10.1. The molecule has 1 aromatic carbocycles. The van der Waals surface area contributed by atoms with Gasteiger partial charge in [0, 0.05) is 37.4 Å². The van der Waals surface area contributed by atoms with E-state index in [9.17, 15) is 8.42 Å². The molecule has 2 N–H and O–H groups in total. The Bertz CT molecular complexity index is 649. The van der Waals surface area contributed by atoms with Gasteiger partial charge in [-0.15, -0.1) is 0 Å². The van der Waals surface area contributed by atoms with Crippen molar-refractivity contribution >= 4 is 20.9 Å². The molecule has 0 aliphatic heterocycles. The average molecular weight is 296 g/mol. The van der Waals surface area contributed by atoms with Crippen LogP contribution in [0.4, 0.5) is 0 Å². The van der Waals surface area contributed by atoms with Crippen molar-refractivity contribution < 1.29 is 13.2 Å². The summed E-state index contributed by atoms with van der Waals surface area (Å²) in [5, 5.41) is 1.14. The highest BCUT2D eigenvalue weighted by molar-refractivity contribution is 7.89. The van der Waals surface area contributed by atoms with Crippen LogP contribution in [-0.2, 0) is 21.2 Å². The first-order chi connectivity index (χ1) is 9.62. The molecule has 6 heteroatoms. The molecular weight excluding hydrogens is 276 g/mol. The SMILES string of the molecule is COCCCS(=O)(=O)NCCc1c[nH]c2ccccc12. The van der Waals surface area contributed by atoms with Crippen LogP contribution < -0.4 is 4.72 Å². The van der Waals surface area contributed by atoms with Crippen LogP contribution in [0.2, 0.25) is 0 Å². The van der Waals surface area contributed by atoms with E-state index in [1.54, 1.807) is 7.11 Å². The van der Waals surface area contributed by atoms with E-state index < -0.39 is 10.0 Å². The van der Waals surface area contributed by atoms with Gasteiger partial charge in [-0.1, -0.05) is 18.2 Å². The minimum atomic E-state index is -3.20. The molecule has 2 aromatic rings. The maximum atomic E-state index is 11.7. The third-order valence-corrected chi connectivity index (χ3v) is 4.62. The highest BCUT2D eigenvalue weighted by atomic mass is 32.2. The van der Waals surface area contributed by atoms with Crippen LogP contribution in [0.15, 0.2) is 30.5 Å². The van der Waals surface area contributed by atoms with E-state index in [2.05, 4.69) is 9.71 Å². The normalized spacial score (nSPS) is 12.1. The molecule has 0 bridgehead atoms. The predicted molar refractivity (Wildman–Crippen MR) is 80.3 cm³/mol. The number of ether oxygens (including phenoxy) is 1. The summed E-state index contributed by atoms with van der Waals surface area (Å²) in [5.74, 6) is 0.106. The van der Waals surface area contributed by atoms with Gasteiger partial charge in [-0.05, 0) is 24.5 Å². The Kier molecular flexibility index (Phi) is 5.17. The number of aromatic nitrogens is 1. The largest absolute Gasteiger partial charge is 0.385 e. The lowest BCUT2D eigenvalue weighted by Crippen LogP contribution is -2.28. The second-order valence-corrected chi connectivity index (χ2v) is 6.60. The van der Waals surface area contributed by atoms with Crippen molar-refractivity contribution in [3.8, 4) is 0 Å². The number of para-hydroxylation sites is 1. The Hall–Kier alpha value is -1.37. The minimum Gasteiger partial charge on any atom is -0.385 e. The van der Waals surface area contributed by atoms with Crippen molar-refractivity contribution in [3.63, 3.8) is 0 Å². The van der Waals surface area contributed by atoms with Gasteiger partial charge in [-0.3, -0.25) is 0 Å². The van der Waals surface area contributed by atoms with Gasteiger partial charge in [-0.25, -0.2) is 13.1 Å². The maximum Gasteiger partial charge on any atom is 0.211 e. The first-order valence-corrected chi connectivity index (χ1v) is 8.29. The number of nitrogens with one attached hydrogen (secondary N) is 2. The van der Waals surface area contributed by atoms with Crippen molar-refractivity contribution in [1.29, 1.82) is 0 Å². The summed E-state index contributed by atoms with van der Waals surface area (Å²) in [5.41, 5.74) is 2.20. The fraction of sp³-hybridized carbons (Fsp3) is 0.429. The molecule has 0 aliphatic carbocycles. The summed E-state index contributed by atoms with van der Waals surface area (Å²) in [7, 11) is -1.63. The van der Waals surface area contributed by atoms with Gasteiger partial charge in [0.2, 0.25) is 10.0 Å². The molecule has 1 aromatic heterocycles. The van der Waals surface area contributed by atoms with Crippen molar-refractivity contribution in [3.05, 3.63) is 36.0 Å². The first kappa shape index (κ1) is 15.0. The van der Waals surface area contributed by atoms with Crippen LogP contribution in [-0.4, -0.2) is 39.4 Å². The number of methoxy groups -OCH3 is 1. The second kappa shape index (κ2) is 6.88. The van der Waals surface area contributed by atoms with E-state index >= 15 is 0 Å². The number of aromatic amines is 1. The Balaban J connectivity index is 1.86. The molecule has 0 spiro atoms. The van der Waals surface area contributed by atoms with Crippen molar-refractivity contribution in [2.75, 3.05) is 26.0 Å². The van der Waals surface area contributed by atoms with Crippen LogP contribution in [0.5, 0.6) is 0 Å². The average Bonchev–Trinajstić information content (AvgIpc) is 2.82. The van der Waals surface area contributed by atoms with Gasteiger partial charge in [0.1, 0.15) is 0 Å². The standard InChI is InChI=1S/C14H20N2O3S/c1-19-9-4-10-20(17,18)16-8-7-12-11-15-14-6-3-2-5-13(12)14/h2-3,5-6,11,15-16H,4,7-10H2,1H3. The van der Waals surface area contributed by atoms with Gasteiger partial charge in [0.15, 0.2) is 0 Å². The van der Waals surface area contributed by atoms with Crippen LogP contribution in [0.1, 0.15) is 12.0 Å². The van der Waals surface area contributed by atoms with Gasteiger partial charge < -0.3 is 9.72 Å². The molecule has 110 valence electrons. The summed E-state index contributed by atoms with van der Waals surface area (Å²) >= 11 is 0. The summed E-state index contributed by atoms with van der Waals surface area (Å²) in [4.78, 5) is 3.18. The second-order valence-electron chi connectivity index (χ2n) is 4.67. The molecule has 0 atom stereocenters. The third-order valence-electron chi connectivity index (χ3n) is 3.15. The Labute approximate surface area is 119 Å². The zero-order valence-electron chi connectivity index (χ0n) is 11.6. The molecule has 5 nitrogen and oxygen atoms in total. The van der Waals surface area contributed by atoms with Crippen molar-refractivity contribution in [2.45, 2.75) is 12.8 Å². The Morgan fingerprint density at radius 3 is 2.90 bits per heavy atom. The lowest BCUT2D eigenvalue weighted by Gasteiger charge is -2.06. The lowest BCUT2D eigenvalue weighted by molar-refractivity contribution is 0.199. The number of hydrogen-bond acceptors (Lipinski definition) is 3. The highest BCUT2D eigenvalue weighted by Gasteiger charge is 2.10. The van der Waals surface area contributed by atoms with E-state index in [1.165, 1.54) is 0 Å². The summed E-state index contributed by atoms with van der Waals surface area (Å²) in [6.45, 7) is 0.876. The number of sulfonamides is 1. The molecule has 0 saturated carbocycles. The van der Waals surface area contributed by atoms with Crippen LogP contribution >= 0.6 is 0 Å². The van der Waals surface area contributed by atoms with Crippen LogP contribution in [0.25, 0.3) is 10.9 Å². The van der Waals surface area contributed by atoms with Gasteiger partial charge in [-0.2, -0.15) is 0 Å². The van der Waals surface area contributed by atoms with E-state index in [1.807, 2.05) is 30.5 Å². The Morgan fingerprint density at radius 2 is 2.10 bits per heavy atom. The van der Waals surface area contributed by atoms with E-state index in [0.717, 1.165) is 16.5 Å². The van der Waals surface area contributed by atoms with E-state index in [4.69, 9.17) is 4.74 Å². The Morgan fingerprint density at radius 1 is 1.30 bits per heavy atom. The van der Waals surface area contributed by atoms with Crippen LogP contribution in [0.3, 0.4) is 0 Å². The van der Waals surface area contributed by atoms with Gasteiger partial charge in [0.25, 0.3) is 0 Å².